The molecule has 6 nitrogen and oxygen atoms in total. The molecule has 0 aliphatic heterocycles. The highest BCUT2D eigenvalue weighted by molar-refractivity contribution is 7.17. The van der Waals surface area contributed by atoms with E-state index in [0.29, 0.717) is 29.1 Å². The van der Waals surface area contributed by atoms with Gasteiger partial charge in [0.15, 0.2) is 0 Å². The maximum atomic E-state index is 13.0. The van der Waals surface area contributed by atoms with E-state index >= 15 is 0 Å². The second kappa shape index (κ2) is 6.00. The number of fused-ring (bicyclic) bond motifs is 3. The van der Waals surface area contributed by atoms with Gasteiger partial charge >= 0.3 is 5.69 Å². The minimum absolute atomic E-state index is 0.0765. The lowest BCUT2D eigenvalue weighted by molar-refractivity contribution is 0.638. The summed E-state index contributed by atoms with van der Waals surface area (Å²) in [7, 11) is 0. The van der Waals surface area contributed by atoms with Gasteiger partial charge in [-0.3, -0.25) is 9.36 Å². The van der Waals surface area contributed by atoms with E-state index in [1.165, 1.54) is 16.0 Å². The third kappa shape index (κ3) is 2.42. The number of nitrogens with zero attached hydrogens (tertiary/aromatic N) is 4. The van der Waals surface area contributed by atoms with Gasteiger partial charge in [0.05, 0.1) is 12.1 Å². The molecule has 0 amide bonds. The average Bonchev–Trinajstić information content (AvgIpc) is 3.19. The van der Waals surface area contributed by atoms with E-state index in [9.17, 15) is 9.59 Å². The summed E-state index contributed by atoms with van der Waals surface area (Å²) in [5, 5.41) is 6.33. The van der Waals surface area contributed by atoms with Crippen LogP contribution in [-0.2, 0) is 13.1 Å². The first-order valence-corrected chi connectivity index (χ1v) is 9.14. The lowest BCUT2D eigenvalue weighted by Crippen LogP contribution is -2.25. The van der Waals surface area contributed by atoms with Crippen molar-refractivity contribution in [3.63, 3.8) is 0 Å². The van der Waals surface area contributed by atoms with Gasteiger partial charge in [0.1, 0.15) is 4.70 Å². The van der Waals surface area contributed by atoms with E-state index < -0.39 is 0 Å². The van der Waals surface area contributed by atoms with Crippen LogP contribution < -0.4 is 11.2 Å². The summed E-state index contributed by atoms with van der Waals surface area (Å²) < 4.78 is 5.20. The molecule has 0 saturated carbocycles. The van der Waals surface area contributed by atoms with Gasteiger partial charge in [-0.1, -0.05) is 31.2 Å². The molecule has 0 radical (unpaired) electrons. The Morgan fingerprint density at radius 3 is 2.72 bits per heavy atom. The third-order valence-electron chi connectivity index (χ3n) is 4.42. The molecule has 0 unspecified atom stereocenters. The van der Waals surface area contributed by atoms with Crippen molar-refractivity contribution in [2.24, 2.45) is 0 Å². The van der Waals surface area contributed by atoms with Gasteiger partial charge in [-0.15, -0.1) is 16.4 Å². The molecule has 128 valence electrons. The number of benzene rings is 1. The van der Waals surface area contributed by atoms with Crippen LogP contribution in [0.2, 0.25) is 0 Å². The normalized spacial score (nSPS) is 11.6. The van der Waals surface area contributed by atoms with Gasteiger partial charge in [0.25, 0.3) is 5.56 Å². The van der Waals surface area contributed by atoms with Crippen LogP contribution in [0.3, 0.4) is 0 Å². The summed E-state index contributed by atoms with van der Waals surface area (Å²) in [6, 6.07) is 9.74. The van der Waals surface area contributed by atoms with Crippen molar-refractivity contribution in [2.75, 3.05) is 0 Å². The zero-order valence-corrected chi connectivity index (χ0v) is 14.9. The van der Waals surface area contributed by atoms with E-state index in [-0.39, 0.29) is 11.2 Å². The Balaban J connectivity index is 2.01. The quantitative estimate of drug-likeness (QED) is 0.566. The Kier molecular flexibility index (Phi) is 3.80. The maximum absolute atomic E-state index is 13.0. The molecule has 7 heteroatoms. The Hall–Kier alpha value is -2.67. The molecule has 0 spiro atoms. The fourth-order valence-electron chi connectivity index (χ4n) is 3.11. The van der Waals surface area contributed by atoms with Gasteiger partial charge in [0, 0.05) is 6.54 Å². The summed E-state index contributed by atoms with van der Waals surface area (Å²) in [5.74, 6) is 0.413. The van der Waals surface area contributed by atoms with Crippen molar-refractivity contribution in [3.8, 4) is 0 Å². The average molecular weight is 354 g/mol. The fraction of sp³-hybridized carbons (Fsp3) is 0.278. The second-order valence-corrected chi connectivity index (χ2v) is 7.01. The molecule has 3 heterocycles. The SMILES string of the molecule is CCCn1c(=O)c2sccc2n2c(=O)n(Cc3ccccc3C)nc12. The van der Waals surface area contributed by atoms with E-state index in [1.807, 2.05) is 49.6 Å². The van der Waals surface area contributed by atoms with E-state index in [0.717, 1.165) is 17.5 Å². The van der Waals surface area contributed by atoms with Gasteiger partial charge in [-0.05, 0) is 35.9 Å². The number of hydrogen-bond acceptors (Lipinski definition) is 4. The van der Waals surface area contributed by atoms with E-state index in [4.69, 9.17) is 0 Å². The molecular weight excluding hydrogens is 336 g/mol. The molecular formula is C18H18N4O2S. The highest BCUT2D eigenvalue weighted by Crippen LogP contribution is 2.17. The predicted octanol–water partition coefficient (Wildman–Crippen LogP) is 2.64. The highest BCUT2D eigenvalue weighted by Gasteiger charge is 2.18. The van der Waals surface area contributed by atoms with Gasteiger partial charge in [0.2, 0.25) is 5.78 Å². The molecule has 1 aromatic carbocycles. The summed E-state index contributed by atoms with van der Waals surface area (Å²) in [6.07, 6.45) is 0.797. The molecule has 25 heavy (non-hydrogen) atoms. The van der Waals surface area contributed by atoms with Crippen molar-refractivity contribution in [2.45, 2.75) is 33.4 Å². The smallest absolute Gasteiger partial charge is 0.276 e. The summed E-state index contributed by atoms with van der Waals surface area (Å²) in [4.78, 5) is 25.7. The first-order valence-electron chi connectivity index (χ1n) is 8.26. The van der Waals surface area contributed by atoms with Crippen molar-refractivity contribution < 1.29 is 0 Å². The highest BCUT2D eigenvalue weighted by atomic mass is 32.1. The molecule has 0 bridgehead atoms. The maximum Gasteiger partial charge on any atom is 0.352 e. The molecule has 0 aliphatic carbocycles. The minimum Gasteiger partial charge on any atom is -0.276 e. The number of hydrogen-bond donors (Lipinski definition) is 0. The molecule has 4 rings (SSSR count). The number of aromatic nitrogens is 4. The van der Waals surface area contributed by atoms with Crippen LogP contribution in [0, 0.1) is 6.92 Å². The number of aryl methyl sites for hydroxylation is 2. The minimum atomic E-state index is -0.216. The predicted molar refractivity (Wildman–Crippen MR) is 99.7 cm³/mol. The number of thiophene rings is 1. The first kappa shape index (κ1) is 15.8. The van der Waals surface area contributed by atoms with Crippen molar-refractivity contribution in [1.29, 1.82) is 0 Å². The van der Waals surface area contributed by atoms with Crippen LogP contribution in [0.1, 0.15) is 24.5 Å². The lowest BCUT2D eigenvalue weighted by atomic mass is 10.1. The Morgan fingerprint density at radius 1 is 1.16 bits per heavy atom. The van der Waals surface area contributed by atoms with E-state index in [1.54, 1.807) is 8.97 Å². The van der Waals surface area contributed by atoms with Gasteiger partial charge < -0.3 is 0 Å². The van der Waals surface area contributed by atoms with Crippen LogP contribution in [0.25, 0.3) is 16.0 Å². The fourth-order valence-corrected chi connectivity index (χ4v) is 3.94. The second-order valence-electron chi connectivity index (χ2n) is 6.09. The molecule has 4 aromatic rings. The summed E-state index contributed by atoms with van der Waals surface area (Å²) in [5.41, 5.74) is 2.49. The molecule has 3 aromatic heterocycles. The van der Waals surface area contributed by atoms with Crippen LogP contribution in [0.4, 0.5) is 0 Å². The van der Waals surface area contributed by atoms with Crippen molar-refractivity contribution >= 4 is 27.3 Å². The molecule has 0 atom stereocenters. The van der Waals surface area contributed by atoms with Crippen LogP contribution >= 0.6 is 11.3 Å². The largest absolute Gasteiger partial charge is 0.352 e. The van der Waals surface area contributed by atoms with Crippen LogP contribution in [0.15, 0.2) is 45.3 Å². The standard InChI is InChI=1S/C18H18N4O2S/c1-3-9-20-16(23)15-14(8-10-25-15)22-17(20)19-21(18(22)24)11-13-7-5-4-6-12(13)2/h4-8,10H,3,9,11H2,1-2H3. The van der Waals surface area contributed by atoms with Crippen LogP contribution in [-0.4, -0.2) is 18.7 Å². The molecule has 0 saturated heterocycles. The summed E-state index contributed by atoms with van der Waals surface area (Å²) in [6.45, 7) is 4.94. The first-order chi connectivity index (χ1) is 12.1. The lowest BCUT2D eigenvalue weighted by Gasteiger charge is -2.05. The van der Waals surface area contributed by atoms with E-state index in [2.05, 4.69) is 5.10 Å². The molecule has 0 aliphatic rings. The monoisotopic (exact) mass is 354 g/mol. The Morgan fingerprint density at radius 2 is 1.96 bits per heavy atom. The van der Waals surface area contributed by atoms with Gasteiger partial charge in [-0.2, -0.15) is 0 Å². The van der Waals surface area contributed by atoms with Crippen molar-refractivity contribution in [3.05, 3.63) is 67.7 Å². The molecule has 0 fully saturated rings. The zero-order valence-electron chi connectivity index (χ0n) is 14.1. The van der Waals surface area contributed by atoms with Crippen LogP contribution in [0.5, 0.6) is 0 Å². The number of rotatable bonds is 4. The Labute approximate surface area is 147 Å². The third-order valence-corrected chi connectivity index (χ3v) is 5.31. The Bertz CT molecular complexity index is 1200. The van der Waals surface area contributed by atoms with Crippen molar-refractivity contribution in [1.82, 2.24) is 18.7 Å². The summed E-state index contributed by atoms with van der Waals surface area (Å²) >= 11 is 1.36. The molecule has 0 N–H and O–H groups in total. The van der Waals surface area contributed by atoms with Gasteiger partial charge in [-0.25, -0.2) is 13.9 Å². The topological polar surface area (TPSA) is 61.3 Å². The zero-order chi connectivity index (χ0) is 17.6.